The lowest BCUT2D eigenvalue weighted by Crippen LogP contribution is -2.16. The van der Waals surface area contributed by atoms with Gasteiger partial charge in [-0.1, -0.05) is 172 Å². The summed E-state index contributed by atoms with van der Waals surface area (Å²) in [6.45, 7) is 6.96. The zero-order chi connectivity index (χ0) is 45.3. The highest BCUT2D eigenvalue weighted by Crippen LogP contribution is 2.51. The topological polar surface area (TPSA) is 9.72 Å². The van der Waals surface area contributed by atoms with Crippen molar-refractivity contribution in [1.82, 2.24) is 0 Å². The largest absolute Gasteiger partial charge is 0.310 e. The third kappa shape index (κ3) is 7.85. The van der Waals surface area contributed by atoms with E-state index in [1.807, 2.05) is 0 Å². The smallest absolute Gasteiger partial charge is 0.0503 e. The quantitative estimate of drug-likeness (QED) is 0.128. The molecule has 67 heavy (non-hydrogen) atoms. The van der Waals surface area contributed by atoms with Crippen LogP contribution in [0.25, 0.3) is 33.4 Å². The minimum Gasteiger partial charge on any atom is -0.310 e. The Bertz CT molecular complexity index is 3130. The minimum atomic E-state index is -0.0866. The van der Waals surface area contributed by atoms with Gasteiger partial charge >= 0.3 is 0 Å². The van der Waals surface area contributed by atoms with Crippen molar-refractivity contribution in [2.75, 3.05) is 14.7 Å². The molecule has 0 amide bonds. The van der Waals surface area contributed by atoms with Crippen molar-refractivity contribution < 1.29 is 0 Å². The van der Waals surface area contributed by atoms with Gasteiger partial charge in [0.25, 0.3) is 0 Å². The van der Waals surface area contributed by atoms with Crippen molar-refractivity contribution >= 4 is 51.2 Å². The van der Waals surface area contributed by atoms with Gasteiger partial charge in [0, 0.05) is 39.5 Å². The molecular weight excluding hydrogens is 811 g/mol. The van der Waals surface area contributed by atoms with Crippen molar-refractivity contribution in [1.29, 1.82) is 0 Å². The lowest BCUT2D eigenvalue weighted by Gasteiger charge is -2.33. The third-order valence-electron chi connectivity index (χ3n) is 13.3. The average molecular weight is 862 g/mol. The van der Waals surface area contributed by atoms with Crippen LogP contribution in [-0.4, -0.2) is 0 Å². The second kappa shape index (κ2) is 17.5. The van der Waals surface area contributed by atoms with E-state index in [-0.39, 0.29) is 5.41 Å². The Balaban J connectivity index is 1.12. The maximum atomic E-state index is 2.42. The first-order valence-electron chi connectivity index (χ1n) is 23.2. The van der Waals surface area contributed by atoms with Crippen LogP contribution in [0.15, 0.2) is 255 Å². The van der Waals surface area contributed by atoms with Crippen LogP contribution >= 0.6 is 0 Å². The van der Waals surface area contributed by atoms with Gasteiger partial charge in [-0.15, -0.1) is 0 Å². The van der Waals surface area contributed by atoms with E-state index in [1.165, 1.54) is 44.5 Å². The molecule has 0 atom stereocenters. The summed E-state index contributed by atoms with van der Waals surface area (Å²) in [7, 11) is 0. The maximum absolute atomic E-state index is 2.42. The molecule has 0 saturated carbocycles. The van der Waals surface area contributed by atoms with Gasteiger partial charge in [-0.2, -0.15) is 0 Å². The summed E-state index contributed by atoms with van der Waals surface area (Å²) in [6.07, 6.45) is 0. The normalized spacial score (nSPS) is 12.2. The van der Waals surface area contributed by atoms with E-state index in [0.717, 1.165) is 56.7 Å². The van der Waals surface area contributed by atoms with Gasteiger partial charge in [0.2, 0.25) is 0 Å². The lowest BCUT2D eigenvalue weighted by atomic mass is 9.81. The molecule has 0 aliphatic heterocycles. The summed E-state index contributed by atoms with van der Waals surface area (Å²) >= 11 is 0. The Morgan fingerprint density at radius 3 is 1.15 bits per heavy atom. The molecule has 0 aromatic heterocycles. The Hall–Kier alpha value is -8.40. The molecule has 0 radical (unpaired) electrons. The van der Waals surface area contributed by atoms with Crippen LogP contribution < -0.4 is 14.7 Å². The molecule has 0 fully saturated rings. The summed E-state index contributed by atoms with van der Waals surface area (Å²) in [5, 5.41) is 0. The Labute approximate surface area is 395 Å². The van der Waals surface area contributed by atoms with Gasteiger partial charge in [-0.05, 0) is 154 Å². The zero-order valence-electron chi connectivity index (χ0n) is 38.1. The second-order valence-electron chi connectivity index (χ2n) is 17.9. The molecule has 0 N–H and O–H groups in total. The highest BCUT2D eigenvalue weighted by atomic mass is 15.2. The van der Waals surface area contributed by atoms with Gasteiger partial charge in [0.15, 0.2) is 0 Å². The van der Waals surface area contributed by atoms with Crippen LogP contribution in [0.4, 0.5) is 51.2 Å². The van der Waals surface area contributed by atoms with Crippen LogP contribution in [0.5, 0.6) is 0 Å². The Morgan fingerprint density at radius 1 is 0.269 bits per heavy atom. The molecule has 11 rings (SSSR count). The summed E-state index contributed by atoms with van der Waals surface area (Å²) in [4.78, 5) is 7.13. The molecule has 3 heteroatoms. The van der Waals surface area contributed by atoms with Crippen LogP contribution in [0.2, 0.25) is 0 Å². The molecule has 0 bridgehead atoms. The number of para-hydroxylation sites is 4. The third-order valence-corrected chi connectivity index (χ3v) is 13.3. The van der Waals surface area contributed by atoms with E-state index in [0.29, 0.717) is 0 Å². The van der Waals surface area contributed by atoms with Gasteiger partial charge in [-0.3, -0.25) is 0 Å². The standard InChI is InChI=1S/C64H51N3/c1-46-21-19-34-61-63(46)60-40-37-50(42-62(60)64(61,2)3)48-35-38-55(39-36-48)67(56-33-20-24-49(41-56)47-22-9-4-10-23-47)59-44-57(65(51-25-11-5-12-26-51)52-27-13-6-14-28-52)43-58(45-59)66(53-29-15-7-16-30-53)54-31-17-8-18-32-54/h4-45H,1-3H3. The molecular formula is C64H51N3. The van der Waals surface area contributed by atoms with E-state index < -0.39 is 0 Å². The van der Waals surface area contributed by atoms with Gasteiger partial charge < -0.3 is 14.7 Å². The van der Waals surface area contributed by atoms with Crippen molar-refractivity contribution in [2.24, 2.45) is 0 Å². The van der Waals surface area contributed by atoms with Gasteiger partial charge in [0.05, 0.1) is 17.1 Å². The SMILES string of the molecule is Cc1cccc2c1-c1ccc(-c3ccc(N(c4cccc(-c5ccccc5)c4)c4cc(N(c5ccccc5)c5ccccc5)cc(N(c5ccccc5)c5ccccc5)c4)cc3)cc1C2(C)C. The number of benzene rings is 10. The van der Waals surface area contributed by atoms with Crippen LogP contribution in [0.1, 0.15) is 30.5 Å². The van der Waals surface area contributed by atoms with Crippen LogP contribution in [0.3, 0.4) is 0 Å². The fourth-order valence-corrected chi connectivity index (χ4v) is 10.0. The molecule has 322 valence electrons. The molecule has 10 aromatic rings. The second-order valence-corrected chi connectivity index (χ2v) is 17.9. The minimum absolute atomic E-state index is 0.0866. The average Bonchev–Trinajstić information content (AvgIpc) is 3.62. The predicted molar refractivity (Wildman–Crippen MR) is 284 cm³/mol. The monoisotopic (exact) mass is 861 g/mol. The fraction of sp³-hybridized carbons (Fsp3) is 0.0625. The molecule has 0 spiro atoms. The van der Waals surface area contributed by atoms with Gasteiger partial charge in [0.1, 0.15) is 0 Å². The summed E-state index contributed by atoms with van der Waals surface area (Å²) < 4.78 is 0. The summed E-state index contributed by atoms with van der Waals surface area (Å²) in [6, 6.07) is 92.2. The van der Waals surface area contributed by atoms with E-state index in [4.69, 9.17) is 0 Å². The molecule has 10 aromatic carbocycles. The fourth-order valence-electron chi connectivity index (χ4n) is 10.0. The number of nitrogens with zero attached hydrogens (tertiary/aromatic N) is 3. The zero-order valence-corrected chi connectivity index (χ0v) is 38.1. The first-order chi connectivity index (χ1) is 32.9. The number of rotatable bonds is 11. The Morgan fingerprint density at radius 2 is 0.642 bits per heavy atom. The first-order valence-corrected chi connectivity index (χ1v) is 23.2. The molecule has 1 aliphatic carbocycles. The van der Waals surface area contributed by atoms with Crippen molar-refractivity contribution in [2.45, 2.75) is 26.2 Å². The van der Waals surface area contributed by atoms with E-state index in [2.05, 4.69) is 290 Å². The van der Waals surface area contributed by atoms with Crippen LogP contribution in [0, 0.1) is 6.92 Å². The van der Waals surface area contributed by atoms with E-state index in [9.17, 15) is 0 Å². The summed E-state index contributed by atoms with van der Waals surface area (Å²) in [5.41, 5.74) is 20.9. The molecule has 0 unspecified atom stereocenters. The number of anilines is 9. The number of hydrogen-bond acceptors (Lipinski definition) is 3. The number of hydrogen-bond donors (Lipinski definition) is 0. The van der Waals surface area contributed by atoms with Crippen LogP contribution in [-0.2, 0) is 5.41 Å². The predicted octanol–water partition coefficient (Wildman–Crippen LogP) is 18.0. The van der Waals surface area contributed by atoms with Crippen molar-refractivity contribution in [3.05, 3.63) is 271 Å². The number of aryl methyl sites for hydroxylation is 1. The molecule has 0 heterocycles. The maximum Gasteiger partial charge on any atom is 0.0503 e. The van der Waals surface area contributed by atoms with Crippen molar-refractivity contribution in [3.63, 3.8) is 0 Å². The first kappa shape index (κ1) is 41.3. The van der Waals surface area contributed by atoms with Gasteiger partial charge in [-0.25, -0.2) is 0 Å². The molecule has 1 aliphatic rings. The van der Waals surface area contributed by atoms with Crippen molar-refractivity contribution in [3.8, 4) is 33.4 Å². The lowest BCUT2D eigenvalue weighted by molar-refractivity contribution is 0.660. The highest BCUT2D eigenvalue weighted by Gasteiger charge is 2.36. The van der Waals surface area contributed by atoms with E-state index >= 15 is 0 Å². The molecule has 3 nitrogen and oxygen atoms in total. The highest BCUT2D eigenvalue weighted by molar-refractivity contribution is 5.91. The Kier molecular flexibility index (Phi) is 10.8. The van der Waals surface area contributed by atoms with E-state index in [1.54, 1.807) is 0 Å². The number of fused-ring (bicyclic) bond motifs is 3. The summed E-state index contributed by atoms with van der Waals surface area (Å²) in [5.74, 6) is 0. The molecule has 0 saturated heterocycles.